The van der Waals surface area contributed by atoms with E-state index in [9.17, 15) is 4.79 Å². The monoisotopic (exact) mass is 388 g/mol. The third kappa shape index (κ3) is 2.82. The van der Waals surface area contributed by atoms with Crippen molar-refractivity contribution >= 4 is 40.4 Å². The number of nitrogens with zero attached hydrogens (tertiary/aromatic N) is 3. The van der Waals surface area contributed by atoms with Gasteiger partial charge in [0.1, 0.15) is 18.7 Å². The Morgan fingerprint density at radius 3 is 2.70 bits per heavy atom. The Kier molecular flexibility index (Phi) is 4.27. The molecule has 27 heavy (non-hydrogen) atoms. The standard InChI is InChI=1S/C18H17ClN4O4/c1-9-5-4-6-10(19)11(9)21-18-22-16-13(23(18)2)15-14(26-7-8-27-15)12(20-16)17(24)25-3/h4-6H,7-8H2,1-3H3,(H,20,21,22). The number of methoxy groups -OCH3 is 1. The zero-order valence-electron chi connectivity index (χ0n) is 15.0. The van der Waals surface area contributed by atoms with Crippen LogP contribution in [0.1, 0.15) is 16.1 Å². The van der Waals surface area contributed by atoms with Crippen LogP contribution in [0.5, 0.6) is 11.5 Å². The van der Waals surface area contributed by atoms with Gasteiger partial charge in [-0.15, -0.1) is 0 Å². The minimum Gasteiger partial charge on any atom is -0.484 e. The second kappa shape index (κ2) is 6.62. The van der Waals surface area contributed by atoms with Crippen LogP contribution in [0.3, 0.4) is 0 Å². The molecule has 4 rings (SSSR count). The van der Waals surface area contributed by atoms with E-state index < -0.39 is 5.97 Å². The summed E-state index contributed by atoms with van der Waals surface area (Å²) in [6.45, 7) is 2.64. The second-order valence-corrected chi connectivity index (χ2v) is 6.44. The number of carbonyl (C=O) groups excluding carboxylic acids is 1. The molecule has 0 aliphatic carbocycles. The number of benzene rings is 1. The number of hydrogen-bond donors (Lipinski definition) is 1. The summed E-state index contributed by atoms with van der Waals surface area (Å²) in [5.74, 6) is 0.586. The fourth-order valence-corrected chi connectivity index (χ4v) is 3.26. The fraction of sp³-hybridized carbons (Fsp3) is 0.278. The number of imidazole rings is 1. The topological polar surface area (TPSA) is 87.5 Å². The van der Waals surface area contributed by atoms with Gasteiger partial charge in [0.25, 0.3) is 0 Å². The van der Waals surface area contributed by atoms with Crippen LogP contribution < -0.4 is 14.8 Å². The molecule has 0 saturated heterocycles. The number of aromatic nitrogens is 3. The van der Waals surface area contributed by atoms with Gasteiger partial charge in [-0.05, 0) is 18.6 Å². The highest BCUT2D eigenvalue weighted by atomic mass is 35.5. The Bertz CT molecular complexity index is 1040. The number of esters is 1. The molecule has 0 saturated carbocycles. The second-order valence-electron chi connectivity index (χ2n) is 6.03. The van der Waals surface area contributed by atoms with Crippen LogP contribution in [0.4, 0.5) is 11.6 Å². The highest BCUT2D eigenvalue weighted by molar-refractivity contribution is 6.33. The zero-order valence-corrected chi connectivity index (χ0v) is 15.8. The molecule has 0 fully saturated rings. The first kappa shape index (κ1) is 17.4. The first-order chi connectivity index (χ1) is 13.0. The molecule has 0 unspecified atom stereocenters. The van der Waals surface area contributed by atoms with E-state index in [0.717, 1.165) is 11.3 Å². The van der Waals surface area contributed by atoms with E-state index in [0.29, 0.717) is 41.1 Å². The van der Waals surface area contributed by atoms with E-state index in [-0.39, 0.29) is 11.4 Å². The summed E-state index contributed by atoms with van der Waals surface area (Å²) in [6, 6.07) is 5.62. The van der Waals surface area contributed by atoms with Crippen molar-refractivity contribution in [3.8, 4) is 11.5 Å². The van der Waals surface area contributed by atoms with E-state index >= 15 is 0 Å². The number of rotatable bonds is 3. The number of hydrogen-bond acceptors (Lipinski definition) is 7. The molecule has 1 aromatic carbocycles. The molecule has 9 heteroatoms. The highest BCUT2D eigenvalue weighted by Gasteiger charge is 2.29. The maximum absolute atomic E-state index is 12.1. The van der Waals surface area contributed by atoms with Crippen molar-refractivity contribution < 1.29 is 19.0 Å². The van der Waals surface area contributed by atoms with Crippen molar-refractivity contribution in [3.05, 3.63) is 34.5 Å². The first-order valence-electron chi connectivity index (χ1n) is 8.27. The summed E-state index contributed by atoms with van der Waals surface area (Å²) in [6.07, 6.45) is 0. The number of anilines is 2. The molecule has 1 aliphatic rings. The fourth-order valence-electron chi connectivity index (χ4n) is 2.99. The molecule has 2 aromatic heterocycles. The zero-order chi connectivity index (χ0) is 19.1. The molecule has 3 aromatic rings. The van der Waals surface area contributed by atoms with Crippen LogP contribution in [0.2, 0.25) is 5.02 Å². The number of fused-ring (bicyclic) bond motifs is 3. The Balaban J connectivity index is 1.90. The minimum atomic E-state index is -0.610. The molecule has 0 spiro atoms. The largest absolute Gasteiger partial charge is 0.484 e. The number of para-hydroxylation sites is 1. The number of carbonyl (C=O) groups is 1. The maximum atomic E-state index is 12.1. The molecule has 0 atom stereocenters. The number of halogens is 1. The van der Waals surface area contributed by atoms with Crippen LogP contribution in [-0.4, -0.2) is 40.8 Å². The van der Waals surface area contributed by atoms with Gasteiger partial charge in [-0.1, -0.05) is 23.7 Å². The van der Waals surface area contributed by atoms with E-state index in [2.05, 4.69) is 15.3 Å². The third-order valence-electron chi connectivity index (χ3n) is 4.34. The van der Waals surface area contributed by atoms with Crippen molar-refractivity contribution in [2.45, 2.75) is 6.92 Å². The first-order valence-corrected chi connectivity index (χ1v) is 8.65. The van der Waals surface area contributed by atoms with E-state index in [1.165, 1.54) is 7.11 Å². The normalized spacial score (nSPS) is 12.9. The van der Waals surface area contributed by atoms with Crippen molar-refractivity contribution in [2.24, 2.45) is 7.05 Å². The summed E-state index contributed by atoms with van der Waals surface area (Å²) in [5, 5.41) is 3.81. The van der Waals surface area contributed by atoms with Crippen LogP contribution in [0.25, 0.3) is 11.2 Å². The maximum Gasteiger partial charge on any atom is 0.360 e. The molecule has 1 aliphatic heterocycles. The summed E-state index contributed by atoms with van der Waals surface area (Å²) < 4.78 is 18.0. The van der Waals surface area contributed by atoms with Gasteiger partial charge in [0.2, 0.25) is 5.95 Å². The molecule has 0 radical (unpaired) electrons. The van der Waals surface area contributed by atoms with Crippen LogP contribution >= 0.6 is 11.6 Å². The number of pyridine rings is 1. The van der Waals surface area contributed by atoms with E-state index in [1.54, 1.807) is 10.6 Å². The molecule has 0 amide bonds. The lowest BCUT2D eigenvalue weighted by molar-refractivity contribution is 0.0583. The molecule has 0 bridgehead atoms. The number of nitrogens with one attached hydrogen (secondary N) is 1. The molecule has 8 nitrogen and oxygen atoms in total. The van der Waals surface area contributed by atoms with Crippen molar-refractivity contribution in [1.29, 1.82) is 0 Å². The summed E-state index contributed by atoms with van der Waals surface area (Å²) in [4.78, 5) is 21.0. The Morgan fingerprint density at radius 2 is 2.00 bits per heavy atom. The van der Waals surface area contributed by atoms with Gasteiger partial charge in [0.15, 0.2) is 22.8 Å². The van der Waals surface area contributed by atoms with Crippen LogP contribution in [0, 0.1) is 6.92 Å². The highest BCUT2D eigenvalue weighted by Crippen LogP contribution is 2.41. The predicted molar refractivity (Wildman–Crippen MR) is 100 cm³/mol. The van der Waals surface area contributed by atoms with Gasteiger partial charge in [0.05, 0.1) is 17.8 Å². The summed E-state index contributed by atoms with van der Waals surface area (Å²) in [7, 11) is 3.11. The minimum absolute atomic E-state index is 0.0401. The predicted octanol–water partition coefficient (Wildman–Crippen LogP) is 3.23. The Hall–Kier alpha value is -3.00. The molecular formula is C18H17ClN4O4. The molecule has 1 N–H and O–H groups in total. The third-order valence-corrected chi connectivity index (χ3v) is 4.66. The summed E-state index contributed by atoms with van der Waals surface area (Å²) in [5.41, 5.74) is 2.72. The number of aryl methyl sites for hydroxylation is 2. The Morgan fingerprint density at radius 1 is 1.26 bits per heavy atom. The average Bonchev–Trinajstić information content (AvgIpc) is 2.99. The van der Waals surface area contributed by atoms with Crippen LogP contribution in [-0.2, 0) is 11.8 Å². The SMILES string of the molecule is COC(=O)c1nc2nc(Nc3c(C)cccc3Cl)n(C)c2c2c1OCCO2. The van der Waals surface area contributed by atoms with Gasteiger partial charge in [0, 0.05) is 7.05 Å². The Labute approximate surface area is 160 Å². The summed E-state index contributed by atoms with van der Waals surface area (Å²) >= 11 is 6.31. The van der Waals surface area contributed by atoms with Gasteiger partial charge < -0.3 is 24.1 Å². The van der Waals surface area contributed by atoms with Crippen molar-refractivity contribution in [2.75, 3.05) is 25.6 Å². The smallest absolute Gasteiger partial charge is 0.360 e. The van der Waals surface area contributed by atoms with Crippen molar-refractivity contribution in [3.63, 3.8) is 0 Å². The average molecular weight is 389 g/mol. The van der Waals surface area contributed by atoms with Gasteiger partial charge in [-0.2, -0.15) is 4.98 Å². The lowest BCUT2D eigenvalue weighted by Crippen LogP contribution is -2.20. The van der Waals surface area contributed by atoms with Crippen molar-refractivity contribution in [1.82, 2.24) is 14.5 Å². The van der Waals surface area contributed by atoms with Gasteiger partial charge in [-0.25, -0.2) is 9.78 Å². The molecule has 140 valence electrons. The van der Waals surface area contributed by atoms with E-state index in [4.69, 9.17) is 25.8 Å². The lowest BCUT2D eigenvalue weighted by Gasteiger charge is -2.20. The quantitative estimate of drug-likeness (QED) is 0.689. The van der Waals surface area contributed by atoms with Crippen LogP contribution in [0.15, 0.2) is 18.2 Å². The lowest BCUT2D eigenvalue weighted by atomic mass is 10.2. The molecule has 3 heterocycles. The molecular weight excluding hydrogens is 372 g/mol. The van der Waals surface area contributed by atoms with E-state index in [1.807, 2.05) is 26.1 Å². The van der Waals surface area contributed by atoms with Gasteiger partial charge >= 0.3 is 5.97 Å². The number of ether oxygens (including phenoxy) is 3. The van der Waals surface area contributed by atoms with Gasteiger partial charge in [-0.3, -0.25) is 0 Å².